The molecule has 0 aliphatic rings. The maximum Gasteiger partial charge on any atom is 0.161 e. The van der Waals surface area contributed by atoms with Crippen molar-refractivity contribution in [3.8, 4) is 23.0 Å². The highest BCUT2D eigenvalue weighted by molar-refractivity contribution is 5.46. The summed E-state index contributed by atoms with van der Waals surface area (Å²) in [7, 11) is 6.66. The summed E-state index contributed by atoms with van der Waals surface area (Å²) >= 11 is 0. The van der Waals surface area contributed by atoms with Crippen LogP contribution in [0.15, 0.2) is 36.4 Å². The average molecular weight is 459 g/mol. The molecule has 2 aromatic carbocycles. The number of nitrogens with two attached hydrogens (primary N) is 1. The molecule has 0 bridgehead atoms. The van der Waals surface area contributed by atoms with Crippen LogP contribution in [0.1, 0.15) is 44.2 Å². The Balaban J connectivity index is 1.88. The van der Waals surface area contributed by atoms with Crippen LogP contribution in [-0.2, 0) is 11.8 Å². The Morgan fingerprint density at radius 2 is 1.36 bits per heavy atom. The summed E-state index contributed by atoms with van der Waals surface area (Å²) < 4.78 is 21.7. The van der Waals surface area contributed by atoms with Crippen LogP contribution in [0.3, 0.4) is 0 Å². The lowest BCUT2D eigenvalue weighted by atomic mass is 9.68. The van der Waals surface area contributed by atoms with Gasteiger partial charge in [0.15, 0.2) is 23.0 Å². The monoisotopic (exact) mass is 458 g/mol. The molecule has 0 radical (unpaired) electrons. The van der Waals surface area contributed by atoms with Gasteiger partial charge in [-0.3, -0.25) is 0 Å². The molecule has 0 saturated heterocycles. The van der Waals surface area contributed by atoms with Crippen LogP contribution in [0.4, 0.5) is 0 Å². The summed E-state index contributed by atoms with van der Waals surface area (Å²) in [6, 6.07) is 12.3. The lowest BCUT2D eigenvalue weighted by Gasteiger charge is -2.38. The largest absolute Gasteiger partial charge is 0.493 e. The number of benzene rings is 2. The fraction of sp³-hybridized carbons (Fsp3) is 0.556. The zero-order valence-electron chi connectivity index (χ0n) is 21.2. The van der Waals surface area contributed by atoms with Gasteiger partial charge >= 0.3 is 0 Å². The van der Waals surface area contributed by atoms with Crippen molar-refractivity contribution in [1.82, 2.24) is 5.32 Å². The van der Waals surface area contributed by atoms with Crippen molar-refractivity contribution in [2.75, 3.05) is 48.1 Å². The number of methoxy groups -OCH3 is 4. The predicted octanol–water partition coefficient (Wildman–Crippen LogP) is 4.58. The Morgan fingerprint density at radius 3 is 1.94 bits per heavy atom. The van der Waals surface area contributed by atoms with Gasteiger partial charge in [0.1, 0.15) is 0 Å². The maximum atomic E-state index is 6.36. The second-order valence-electron chi connectivity index (χ2n) is 8.73. The second-order valence-corrected chi connectivity index (χ2v) is 8.73. The normalized spacial score (nSPS) is 13.0. The molecule has 0 amide bonds. The molecule has 0 aromatic heterocycles. The van der Waals surface area contributed by atoms with Crippen LogP contribution in [-0.4, -0.2) is 48.1 Å². The fourth-order valence-electron chi connectivity index (χ4n) is 4.48. The molecule has 1 atom stereocenters. The quantitative estimate of drug-likeness (QED) is 0.381. The second kappa shape index (κ2) is 13.3. The molecule has 3 N–H and O–H groups in total. The molecule has 2 aromatic rings. The van der Waals surface area contributed by atoms with Gasteiger partial charge in [0.05, 0.1) is 28.4 Å². The van der Waals surface area contributed by atoms with Gasteiger partial charge in [0.25, 0.3) is 0 Å². The van der Waals surface area contributed by atoms with Crippen molar-refractivity contribution in [1.29, 1.82) is 0 Å². The van der Waals surface area contributed by atoms with E-state index < -0.39 is 0 Å². The molecule has 6 nitrogen and oxygen atoms in total. The van der Waals surface area contributed by atoms with Crippen LogP contribution in [0, 0.1) is 5.92 Å². The zero-order chi connectivity index (χ0) is 24.3. The first kappa shape index (κ1) is 26.8. The SMILES string of the molecule is COc1ccc(CCCNCCCC(CN)(c2ccc(OC)c(OC)c2)C(C)C)cc1OC. The van der Waals surface area contributed by atoms with E-state index in [-0.39, 0.29) is 5.41 Å². The van der Waals surface area contributed by atoms with Gasteiger partial charge in [-0.05, 0) is 80.1 Å². The fourth-order valence-corrected chi connectivity index (χ4v) is 4.48. The third kappa shape index (κ3) is 6.78. The molecule has 0 fully saturated rings. The summed E-state index contributed by atoms with van der Waals surface area (Å²) in [5, 5.41) is 3.59. The zero-order valence-corrected chi connectivity index (χ0v) is 21.2. The topological polar surface area (TPSA) is 75.0 Å². The summed E-state index contributed by atoms with van der Waals surface area (Å²) in [5.41, 5.74) is 8.73. The molecule has 0 aliphatic carbocycles. The average Bonchev–Trinajstić information content (AvgIpc) is 2.85. The number of aryl methyl sites for hydroxylation is 1. The van der Waals surface area contributed by atoms with Crippen LogP contribution in [0.25, 0.3) is 0 Å². The van der Waals surface area contributed by atoms with E-state index in [1.165, 1.54) is 11.1 Å². The minimum atomic E-state index is -0.0963. The maximum absolute atomic E-state index is 6.36. The predicted molar refractivity (Wildman–Crippen MR) is 135 cm³/mol. The number of nitrogens with one attached hydrogen (secondary N) is 1. The van der Waals surface area contributed by atoms with Gasteiger partial charge in [-0.15, -0.1) is 0 Å². The third-order valence-electron chi connectivity index (χ3n) is 6.67. The summed E-state index contributed by atoms with van der Waals surface area (Å²) in [6.07, 6.45) is 4.13. The summed E-state index contributed by atoms with van der Waals surface area (Å²) in [6.45, 7) is 7.04. The van der Waals surface area contributed by atoms with Gasteiger partial charge in [-0.1, -0.05) is 26.0 Å². The molecule has 0 saturated carbocycles. The lowest BCUT2D eigenvalue weighted by molar-refractivity contribution is 0.282. The van der Waals surface area contributed by atoms with Crippen molar-refractivity contribution < 1.29 is 18.9 Å². The summed E-state index contributed by atoms with van der Waals surface area (Å²) in [4.78, 5) is 0. The Bertz CT molecular complexity index is 856. The Labute approximate surface area is 199 Å². The first-order valence-electron chi connectivity index (χ1n) is 11.8. The van der Waals surface area contributed by atoms with Crippen LogP contribution >= 0.6 is 0 Å². The highest BCUT2D eigenvalue weighted by atomic mass is 16.5. The molecule has 6 heteroatoms. The molecule has 1 unspecified atom stereocenters. The van der Waals surface area contributed by atoms with E-state index in [0.717, 1.165) is 61.8 Å². The van der Waals surface area contributed by atoms with Gasteiger partial charge < -0.3 is 30.0 Å². The van der Waals surface area contributed by atoms with Crippen LogP contribution < -0.4 is 30.0 Å². The van der Waals surface area contributed by atoms with Crippen molar-refractivity contribution >= 4 is 0 Å². The standard InChI is InChI=1S/C27H42N2O4/c1-20(2)27(19-28,22-11-13-24(31-4)26(18-22)33-6)14-8-16-29-15-7-9-21-10-12-23(30-3)25(17-21)32-5/h10-13,17-18,20,29H,7-9,14-16,19,28H2,1-6H3. The Kier molecular flexibility index (Phi) is 10.8. The van der Waals surface area contributed by atoms with E-state index in [1.807, 2.05) is 12.1 Å². The molecule has 0 aliphatic heterocycles. The smallest absolute Gasteiger partial charge is 0.161 e. The van der Waals surface area contributed by atoms with Crippen LogP contribution in [0.2, 0.25) is 0 Å². The molecular formula is C27H42N2O4. The molecule has 2 rings (SSSR count). The van der Waals surface area contributed by atoms with E-state index in [4.69, 9.17) is 24.7 Å². The number of rotatable bonds is 15. The molecule has 0 heterocycles. The molecular weight excluding hydrogens is 416 g/mol. The lowest BCUT2D eigenvalue weighted by Crippen LogP contribution is -2.41. The van der Waals surface area contributed by atoms with E-state index in [9.17, 15) is 0 Å². The molecule has 0 spiro atoms. The Hall–Kier alpha value is -2.44. The van der Waals surface area contributed by atoms with Crippen molar-refractivity contribution in [2.24, 2.45) is 11.7 Å². The van der Waals surface area contributed by atoms with E-state index in [0.29, 0.717) is 12.5 Å². The minimum Gasteiger partial charge on any atom is -0.493 e. The van der Waals surface area contributed by atoms with Crippen molar-refractivity contribution in [3.63, 3.8) is 0 Å². The van der Waals surface area contributed by atoms with Gasteiger partial charge in [-0.25, -0.2) is 0 Å². The van der Waals surface area contributed by atoms with Crippen LogP contribution in [0.5, 0.6) is 23.0 Å². The van der Waals surface area contributed by atoms with Gasteiger partial charge in [0.2, 0.25) is 0 Å². The Morgan fingerprint density at radius 1 is 0.788 bits per heavy atom. The molecule has 184 valence electrons. The summed E-state index contributed by atoms with van der Waals surface area (Å²) in [5.74, 6) is 3.45. The third-order valence-corrected chi connectivity index (χ3v) is 6.67. The first-order valence-corrected chi connectivity index (χ1v) is 11.8. The highest BCUT2D eigenvalue weighted by Crippen LogP contribution is 2.40. The number of hydrogen-bond acceptors (Lipinski definition) is 6. The van der Waals surface area contributed by atoms with E-state index in [1.54, 1.807) is 28.4 Å². The van der Waals surface area contributed by atoms with Gasteiger partial charge in [0, 0.05) is 12.0 Å². The number of hydrogen-bond donors (Lipinski definition) is 2. The van der Waals surface area contributed by atoms with Gasteiger partial charge in [-0.2, -0.15) is 0 Å². The minimum absolute atomic E-state index is 0.0963. The van der Waals surface area contributed by atoms with Crippen molar-refractivity contribution in [2.45, 2.75) is 44.9 Å². The first-order chi connectivity index (χ1) is 15.9. The molecule has 33 heavy (non-hydrogen) atoms. The van der Waals surface area contributed by atoms with E-state index >= 15 is 0 Å². The highest BCUT2D eigenvalue weighted by Gasteiger charge is 2.34. The number of ether oxygens (including phenoxy) is 4. The van der Waals surface area contributed by atoms with E-state index in [2.05, 4.69) is 43.4 Å². The van der Waals surface area contributed by atoms with Crippen molar-refractivity contribution in [3.05, 3.63) is 47.5 Å².